The fourth-order valence-electron chi connectivity index (χ4n) is 2.42. The van der Waals surface area contributed by atoms with Crippen molar-refractivity contribution in [1.29, 1.82) is 5.26 Å². The molecule has 3 rings (SSSR count). The molecule has 3 aromatic rings. The number of rotatable bonds is 4. The molecular weight excluding hydrogens is 361 g/mol. The second-order valence-electron chi connectivity index (χ2n) is 5.16. The number of fused-ring (bicyclic) bond motifs is 1. The van der Waals surface area contributed by atoms with E-state index >= 15 is 0 Å². The average Bonchev–Trinajstić information content (AvgIpc) is 3.02. The standard InChI is InChI=1S/C18H13Cl2N3O2/c1-24-12-3-4-15-16(8-12)23-18(22-15)11(9-21)5-10-6-13(19)17(25-2)14(20)7-10/h3-8H,1-2H3,(H,22,23)/b11-5-. The molecule has 0 spiro atoms. The quantitative estimate of drug-likeness (QED) is 0.656. The minimum Gasteiger partial charge on any atom is -0.497 e. The van der Waals surface area contributed by atoms with Gasteiger partial charge >= 0.3 is 0 Å². The Hall–Kier alpha value is -2.68. The van der Waals surface area contributed by atoms with Gasteiger partial charge in [0.05, 0.1) is 40.9 Å². The van der Waals surface area contributed by atoms with E-state index in [1.54, 1.807) is 25.3 Å². The number of aromatic amines is 1. The summed E-state index contributed by atoms with van der Waals surface area (Å²) in [6.07, 6.45) is 1.66. The number of benzene rings is 2. The Labute approximate surface area is 154 Å². The van der Waals surface area contributed by atoms with Crippen LogP contribution in [0.2, 0.25) is 10.0 Å². The summed E-state index contributed by atoms with van der Waals surface area (Å²) in [5.74, 6) is 1.56. The Kier molecular flexibility index (Phi) is 4.84. The van der Waals surface area contributed by atoms with E-state index in [1.165, 1.54) is 7.11 Å². The van der Waals surface area contributed by atoms with Crippen molar-refractivity contribution in [2.45, 2.75) is 0 Å². The Balaban J connectivity index is 2.05. The number of allylic oxidation sites excluding steroid dienone is 1. The van der Waals surface area contributed by atoms with Gasteiger partial charge in [-0.3, -0.25) is 0 Å². The summed E-state index contributed by atoms with van der Waals surface area (Å²) in [6, 6.07) is 11.0. The van der Waals surface area contributed by atoms with E-state index in [-0.39, 0.29) is 0 Å². The summed E-state index contributed by atoms with van der Waals surface area (Å²) in [5.41, 5.74) is 2.54. The van der Waals surface area contributed by atoms with E-state index in [4.69, 9.17) is 32.7 Å². The van der Waals surface area contributed by atoms with Crippen LogP contribution in [0.1, 0.15) is 11.4 Å². The predicted molar refractivity (Wildman–Crippen MR) is 99.1 cm³/mol. The third-order valence-corrected chi connectivity index (χ3v) is 4.16. The number of halogens is 2. The zero-order valence-electron chi connectivity index (χ0n) is 13.4. The highest BCUT2D eigenvalue weighted by Crippen LogP contribution is 2.35. The van der Waals surface area contributed by atoms with E-state index < -0.39 is 0 Å². The van der Waals surface area contributed by atoms with E-state index in [0.29, 0.717) is 38.5 Å². The fourth-order valence-corrected chi connectivity index (χ4v) is 3.08. The van der Waals surface area contributed by atoms with E-state index in [0.717, 1.165) is 11.0 Å². The largest absolute Gasteiger partial charge is 0.497 e. The van der Waals surface area contributed by atoms with E-state index in [1.807, 2.05) is 18.2 Å². The fraction of sp³-hybridized carbons (Fsp3) is 0.111. The number of imidazole rings is 1. The molecule has 0 unspecified atom stereocenters. The molecule has 0 amide bonds. The average molecular weight is 374 g/mol. The molecule has 0 saturated heterocycles. The Bertz CT molecular complexity index is 996. The van der Waals surface area contributed by atoms with Gasteiger partial charge in [0.2, 0.25) is 0 Å². The number of nitrogens with one attached hydrogen (secondary N) is 1. The van der Waals surface area contributed by atoms with Crippen molar-refractivity contribution in [3.05, 3.63) is 51.8 Å². The highest BCUT2D eigenvalue weighted by molar-refractivity contribution is 6.37. The first-order valence-corrected chi connectivity index (χ1v) is 8.00. The molecular formula is C18H13Cl2N3O2. The SMILES string of the molecule is COc1ccc2nc(/C(C#N)=C\c3cc(Cl)c(OC)c(Cl)c3)[nH]c2c1. The van der Waals surface area contributed by atoms with Gasteiger partial charge in [0, 0.05) is 6.07 Å². The van der Waals surface area contributed by atoms with Gasteiger partial charge in [0.1, 0.15) is 17.6 Å². The number of nitrogens with zero attached hydrogens (tertiary/aromatic N) is 2. The van der Waals surface area contributed by atoms with Crippen LogP contribution in [0.25, 0.3) is 22.7 Å². The van der Waals surface area contributed by atoms with Gasteiger partial charge in [-0.25, -0.2) is 4.98 Å². The third-order valence-electron chi connectivity index (χ3n) is 3.60. The highest BCUT2D eigenvalue weighted by atomic mass is 35.5. The lowest BCUT2D eigenvalue weighted by Gasteiger charge is -2.06. The third kappa shape index (κ3) is 3.41. The lowest BCUT2D eigenvalue weighted by molar-refractivity contribution is 0.415. The number of H-pyrrole nitrogens is 1. The van der Waals surface area contributed by atoms with Crippen LogP contribution in [0.15, 0.2) is 30.3 Å². The van der Waals surface area contributed by atoms with E-state index in [2.05, 4.69) is 16.0 Å². The number of aromatic nitrogens is 2. The molecule has 0 saturated carbocycles. The monoisotopic (exact) mass is 373 g/mol. The van der Waals surface area contributed by atoms with Crippen LogP contribution < -0.4 is 9.47 Å². The zero-order valence-corrected chi connectivity index (χ0v) is 14.9. The first-order chi connectivity index (χ1) is 12.0. The first kappa shape index (κ1) is 17.2. The predicted octanol–water partition coefficient (Wildman–Crippen LogP) is 4.95. The molecule has 1 aromatic heterocycles. The molecule has 0 radical (unpaired) electrons. The zero-order chi connectivity index (χ0) is 18.0. The number of hydrogen-bond donors (Lipinski definition) is 1. The summed E-state index contributed by atoms with van der Waals surface area (Å²) >= 11 is 12.3. The van der Waals surface area contributed by atoms with Gasteiger partial charge in [0.25, 0.3) is 0 Å². The van der Waals surface area contributed by atoms with Crippen LogP contribution >= 0.6 is 23.2 Å². The van der Waals surface area contributed by atoms with Crippen molar-refractivity contribution in [3.63, 3.8) is 0 Å². The van der Waals surface area contributed by atoms with Crippen LogP contribution in [-0.2, 0) is 0 Å². The van der Waals surface area contributed by atoms with Crippen molar-refractivity contribution in [1.82, 2.24) is 9.97 Å². The molecule has 25 heavy (non-hydrogen) atoms. The summed E-state index contributed by atoms with van der Waals surface area (Å²) in [5, 5.41) is 10.2. The van der Waals surface area contributed by atoms with Crippen molar-refractivity contribution in [3.8, 4) is 17.6 Å². The normalized spacial score (nSPS) is 11.4. The maximum Gasteiger partial charge on any atom is 0.156 e. The lowest BCUT2D eigenvalue weighted by atomic mass is 10.1. The number of hydrogen-bond acceptors (Lipinski definition) is 4. The van der Waals surface area contributed by atoms with Gasteiger partial charge in [0.15, 0.2) is 5.75 Å². The minimum atomic E-state index is 0.354. The minimum absolute atomic E-state index is 0.354. The van der Waals surface area contributed by atoms with Gasteiger partial charge in [-0.15, -0.1) is 0 Å². The van der Waals surface area contributed by atoms with Crippen molar-refractivity contribution < 1.29 is 9.47 Å². The Morgan fingerprint density at radius 2 is 1.88 bits per heavy atom. The summed E-state index contributed by atoms with van der Waals surface area (Å²) in [7, 11) is 3.09. The molecule has 1 heterocycles. The highest BCUT2D eigenvalue weighted by Gasteiger charge is 2.11. The molecule has 7 heteroatoms. The summed E-state index contributed by atoms with van der Waals surface area (Å²) < 4.78 is 10.3. The van der Waals surface area contributed by atoms with Crippen LogP contribution in [0.5, 0.6) is 11.5 Å². The number of nitriles is 1. The molecule has 0 bridgehead atoms. The van der Waals surface area contributed by atoms with Crippen molar-refractivity contribution >= 4 is 45.9 Å². The molecule has 0 aliphatic carbocycles. The van der Waals surface area contributed by atoms with Gasteiger partial charge in [-0.1, -0.05) is 23.2 Å². The van der Waals surface area contributed by atoms with Crippen LogP contribution in [0.3, 0.4) is 0 Å². The first-order valence-electron chi connectivity index (χ1n) is 7.24. The second kappa shape index (κ2) is 7.06. The van der Waals surface area contributed by atoms with Crippen LogP contribution in [-0.4, -0.2) is 24.2 Å². The Morgan fingerprint density at radius 1 is 1.16 bits per heavy atom. The molecule has 1 N–H and O–H groups in total. The second-order valence-corrected chi connectivity index (χ2v) is 5.97. The molecule has 5 nitrogen and oxygen atoms in total. The van der Waals surface area contributed by atoms with Gasteiger partial charge in [-0.05, 0) is 35.9 Å². The van der Waals surface area contributed by atoms with Crippen LogP contribution in [0, 0.1) is 11.3 Å². The lowest BCUT2D eigenvalue weighted by Crippen LogP contribution is -1.88. The molecule has 0 aliphatic heterocycles. The number of methoxy groups -OCH3 is 2. The maximum absolute atomic E-state index is 9.51. The Morgan fingerprint density at radius 3 is 2.48 bits per heavy atom. The molecule has 126 valence electrons. The molecule has 0 fully saturated rings. The van der Waals surface area contributed by atoms with Gasteiger partial charge in [-0.2, -0.15) is 5.26 Å². The smallest absolute Gasteiger partial charge is 0.156 e. The summed E-state index contributed by atoms with van der Waals surface area (Å²) in [4.78, 5) is 7.56. The van der Waals surface area contributed by atoms with Crippen molar-refractivity contribution in [2.75, 3.05) is 14.2 Å². The molecule has 0 aliphatic rings. The van der Waals surface area contributed by atoms with Gasteiger partial charge < -0.3 is 14.5 Å². The summed E-state index contributed by atoms with van der Waals surface area (Å²) in [6.45, 7) is 0. The topological polar surface area (TPSA) is 70.9 Å². The molecule has 0 atom stereocenters. The maximum atomic E-state index is 9.51. The number of ether oxygens (including phenoxy) is 2. The molecule has 2 aromatic carbocycles. The van der Waals surface area contributed by atoms with Crippen molar-refractivity contribution in [2.24, 2.45) is 0 Å². The van der Waals surface area contributed by atoms with E-state index in [9.17, 15) is 5.26 Å². The van der Waals surface area contributed by atoms with Crippen LogP contribution in [0.4, 0.5) is 0 Å².